The Labute approximate surface area is 103 Å². The van der Waals surface area contributed by atoms with Crippen molar-refractivity contribution < 1.29 is 0 Å². The van der Waals surface area contributed by atoms with Crippen LogP contribution in [0, 0.1) is 12.3 Å². The van der Waals surface area contributed by atoms with E-state index in [-0.39, 0.29) is 5.41 Å². The second kappa shape index (κ2) is 5.48. The molecular formula is C12H20ClN3. The molecule has 0 aliphatic carbocycles. The van der Waals surface area contributed by atoms with E-state index in [1.807, 2.05) is 13.0 Å². The van der Waals surface area contributed by atoms with Gasteiger partial charge in [0.15, 0.2) is 0 Å². The Morgan fingerprint density at radius 3 is 2.62 bits per heavy atom. The Morgan fingerprint density at radius 2 is 2.06 bits per heavy atom. The van der Waals surface area contributed by atoms with Gasteiger partial charge < -0.3 is 5.32 Å². The fourth-order valence-electron chi connectivity index (χ4n) is 1.28. The number of nitrogens with zero attached hydrogens (tertiary/aromatic N) is 2. The first-order chi connectivity index (χ1) is 7.46. The zero-order valence-corrected chi connectivity index (χ0v) is 11.2. The molecule has 1 N–H and O–H groups in total. The van der Waals surface area contributed by atoms with Crippen molar-refractivity contribution in [1.82, 2.24) is 9.97 Å². The molecule has 0 radical (unpaired) electrons. The van der Waals surface area contributed by atoms with Crippen LogP contribution in [0.5, 0.6) is 0 Å². The number of aromatic nitrogens is 2. The van der Waals surface area contributed by atoms with Crippen molar-refractivity contribution in [3.8, 4) is 0 Å². The summed E-state index contributed by atoms with van der Waals surface area (Å²) in [7, 11) is 0. The van der Waals surface area contributed by atoms with E-state index in [2.05, 4.69) is 36.1 Å². The van der Waals surface area contributed by atoms with Crippen LogP contribution in [-0.4, -0.2) is 22.4 Å². The third kappa shape index (κ3) is 3.97. The van der Waals surface area contributed by atoms with E-state index in [4.69, 9.17) is 11.6 Å². The first-order valence-electron chi connectivity index (χ1n) is 5.61. The van der Waals surface area contributed by atoms with E-state index in [1.165, 1.54) is 0 Å². The van der Waals surface area contributed by atoms with Gasteiger partial charge in [0.05, 0.1) is 0 Å². The van der Waals surface area contributed by atoms with Crippen molar-refractivity contribution in [2.45, 2.75) is 34.1 Å². The predicted octanol–water partition coefficient (Wildman–Crippen LogP) is 3.02. The lowest BCUT2D eigenvalue weighted by molar-refractivity contribution is 0.449. The average molecular weight is 242 g/mol. The summed E-state index contributed by atoms with van der Waals surface area (Å²) in [6.07, 6.45) is 0.928. The van der Waals surface area contributed by atoms with Crippen LogP contribution < -0.4 is 5.32 Å². The maximum Gasteiger partial charge on any atom is 0.129 e. The Morgan fingerprint density at radius 1 is 1.38 bits per heavy atom. The van der Waals surface area contributed by atoms with Gasteiger partial charge in [0.25, 0.3) is 0 Å². The van der Waals surface area contributed by atoms with E-state index in [1.54, 1.807) is 0 Å². The minimum atomic E-state index is 0.0762. The van der Waals surface area contributed by atoms with Gasteiger partial charge in [-0.25, -0.2) is 9.97 Å². The van der Waals surface area contributed by atoms with Gasteiger partial charge in [-0.3, -0.25) is 0 Å². The number of rotatable bonds is 5. The van der Waals surface area contributed by atoms with Gasteiger partial charge >= 0.3 is 0 Å². The van der Waals surface area contributed by atoms with Crippen molar-refractivity contribution in [3.63, 3.8) is 0 Å². The molecule has 0 spiro atoms. The molecule has 0 aliphatic heterocycles. The number of hydrogen-bond acceptors (Lipinski definition) is 3. The van der Waals surface area contributed by atoms with Gasteiger partial charge in [-0.2, -0.15) is 0 Å². The van der Waals surface area contributed by atoms with Crippen LogP contribution in [0.15, 0.2) is 6.07 Å². The zero-order chi connectivity index (χ0) is 12.2. The zero-order valence-electron chi connectivity index (χ0n) is 10.5. The first-order valence-corrected chi connectivity index (χ1v) is 6.14. The number of nitrogens with one attached hydrogen (secondary N) is 1. The molecule has 4 heteroatoms. The Kier molecular flexibility index (Phi) is 4.54. The maximum atomic E-state index is 5.88. The van der Waals surface area contributed by atoms with E-state index >= 15 is 0 Å². The number of halogens is 1. The highest BCUT2D eigenvalue weighted by molar-refractivity contribution is 6.18. The van der Waals surface area contributed by atoms with E-state index < -0.39 is 0 Å². The molecule has 0 atom stereocenters. The molecule has 1 rings (SSSR count). The smallest absolute Gasteiger partial charge is 0.129 e. The summed E-state index contributed by atoms with van der Waals surface area (Å²) >= 11 is 5.88. The van der Waals surface area contributed by atoms with Gasteiger partial charge in [0, 0.05) is 24.2 Å². The summed E-state index contributed by atoms with van der Waals surface area (Å²) in [6, 6.07) is 2.00. The van der Waals surface area contributed by atoms with Crippen molar-refractivity contribution in [1.29, 1.82) is 0 Å². The molecule has 1 aromatic heterocycles. The number of anilines is 1. The summed E-state index contributed by atoms with van der Waals surface area (Å²) in [4.78, 5) is 8.69. The quantitative estimate of drug-likeness (QED) is 0.806. The SMILES string of the molecule is CCc1cc(NCC(C)(C)CCl)nc(C)n1. The summed E-state index contributed by atoms with van der Waals surface area (Å²) in [5.41, 5.74) is 1.14. The molecule has 1 aromatic rings. The molecule has 90 valence electrons. The van der Waals surface area contributed by atoms with Crippen LogP contribution in [0.25, 0.3) is 0 Å². The molecule has 0 bridgehead atoms. The van der Waals surface area contributed by atoms with Crippen LogP contribution in [0.4, 0.5) is 5.82 Å². The van der Waals surface area contributed by atoms with Gasteiger partial charge in [0.1, 0.15) is 11.6 Å². The Hall–Kier alpha value is -0.830. The minimum absolute atomic E-state index is 0.0762. The lowest BCUT2D eigenvalue weighted by atomic mass is 9.97. The monoisotopic (exact) mass is 241 g/mol. The number of aryl methyl sites for hydroxylation is 2. The van der Waals surface area contributed by atoms with E-state index in [0.717, 1.165) is 30.3 Å². The number of alkyl halides is 1. The highest BCUT2D eigenvalue weighted by Crippen LogP contribution is 2.18. The lowest BCUT2D eigenvalue weighted by Crippen LogP contribution is -2.25. The van der Waals surface area contributed by atoms with Gasteiger partial charge in [-0.05, 0) is 18.8 Å². The van der Waals surface area contributed by atoms with Gasteiger partial charge in [-0.15, -0.1) is 11.6 Å². The standard InChI is InChI=1S/C12H20ClN3/c1-5-10-6-11(16-9(2)15-10)14-8-12(3,4)7-13/h6H,5,7-8H2,1-4H3,(H,14,15,16). The van der Waals surface area contributed by atoms with Crippen molar-refractivity contribution in [3.05, 3.63) is 17.6 Å². The predicted molar refractivity (Wildman–Crippen MR) is 69.1 cm³/mol. The molecule has 0 saturated heterocycles. The van der Waals surface area contributed by atoms with Crippen molar-refractivity contribution >= 4 is 17.4 Å². The van der Waals surface area contributed by atoms with Crippen molar-refractivity contribution in [2.75, 3.05) is 17.7 Å². The van der Waals surface area contributed by atoms with Gasteiger partial charge in [-0.1, -0.05) is 20.8 Å². The highest BCUT2D eigenvalue weighted by Gasteiger charge is 2.16. The van der Waals surface area contributed by atoms with E-state index in [9.17, 15) is 0 Å². The van der Waals surface area contributed by atoms with Crippen LogP contribution in [-0.2, 0) is 6.42 Å². The Bertz CT molecular complexity index is 350. The third-order valence-electron chi connectivity index (χ3n) is 2.36. The fourth-order valence-corrected chi connectivity index (χ4v) is 1.37. The molecule has 1 heterocycles. The van der Waals surface area contributed by atoms with Crippen LogP contribution >= 0.6 is 11.6 Å². The molecular weight excluding hydrogens is 222 g/mol. The summed E-state index contributed by atoms with van der Waals surface area (Å²) in [5.74, 6) is 2.33. The van der Waals surface area contributed by atoms with Crippen molar-refractivity contribution in [2.24, 2.45) is 5.41 Å². The largest absolute Gasteiger partial charge is 0.369 e. The molecule has 0 unspecified atom stereocenters. The maximum absolute atomic E-state index is 5.88. The number of hydrogen-bond donors (Lipinski definition) is 1. The molecule has 0 aromatic carbocycles. The molecule has 3 nitrogen and oxygen atoms in total. The average Bonchev–Trinajstić information content (AvgIpc) is 2.26. The van der Waals surface area contributed by atoms with Crippen LogP contribution in [0.3, 0.4) is 0 Å². The lowest BCUT2D eigenvalue weighted by Gasteiger charge is -2.22. The summed E-state index contributed by atoms with van der Waals surface area (Å²) < 4.78 is 0. The molecule has 16 heavy (non-hydrogen) atoms. The first kappa shape index (κ1) is 13.2. The normalized spacial score (nSPS) is 11.6. The second-order valence-corrected chi connectivity index (χ2v) is 5.06. The van der Waals surface area contributed by atoms with Crippen LogP contribution in [0.2, 0.25) is 0 Å². The summed E-state index contributed by atoms with van der Waals surface area (Å²) in [6.45, 7) is 9.07. The minimum Gasteiger partial charge on any atom is -0.369 e. The topological polar surface area (TPSA) is 37.8 Å². The molecule has 0 saturated carbocycles. The van der Waals surface area contributed by atoms with Crippen LogP contribution in [0.1, 0.15) is 32.3 Å². The summed E-state index contributed by atoms with van der Waals surface area (Å²) in [5, 5.41) is 3.32. The molecule has 0 amide bonds. The fraction of sp³-hybridized carbons (Fsp3) is 0.667. The second-order valence-electron chi connectivity index (χ2n) is 4.80. The Balaban J connectivity index is 2.70. The van der Waals surface area contributed by atoms with E-state index in [0.29, 0.717) is 5.88 Å². The third-order valence-corrected chi connectivity index (χ3v) is 3.09. The molecule has 0 fully saturated rings. The van der Waals surface area contributed by atoms with Gasteiger partial charge in [0.2, 0.25) is 0 Å². The molecule has 0 aliphatic rings. The highest BCUT2D eigenvalue weighted by atomic mass is 35.5.